The van der Waals surface area contributed by atoms with Crippen molar-refractivity contribution in [3.63, 3.8) is 0 Å². The molecule has 3 heterocycles. The number of aliphatic hydroxyl groups is 1. The molecule has 2 aromatic heterocycles. The van der Waals surface area contributed by atoms with Gasteiger partial charge in [-0.2, -0.15) is 0 Å². The summed E-state index contributed by atoms with van der Waals surface area (Å²) >= 11 is 3.46. The lowest BCUT2D eigenvalue weighted by Crippen LogP contribution is -2.48. The van der Waals surface area contributed by atoms with Crippen molar-refractivity contribution in [2.75, 3.05) is 44.8 Å². The lowest BCUT2D eigenvalue weighted by atomic mass is 9.84. The second-order valence-corrected chi connectivity index (χ2v) is 11.7. The molecule has 1 amide bonds. The molecule has 1 aliphatic heterocycles. The SMILES string of the molecule is COC(C)c1ncc(N2CCN(C(=O)O)CC2)cc1-c1c(CC(C)(C)CO)c2cc(Br)ccc2n1C(F)C(F)F. The number of pyridine rings is 1. The zero-order chi connectivity index (χ0) is 29.4. The van der Waals surface area contributed by atoms with Gasteiger partial charge in [-0.1, -0.05) is 29.8 Å². The molecule has 0 saturated carbocycles. The number of methoxy groups -OCH3 is 1. The Kier molecular flexibility index (Phi) is 9.01. The third-order valence-corrected chi connectivity index (χ3v) is 7.91. The van der Waals surface area contributed by atoms with Gasteiger partial charge in [0.15, 0.2) is 0 Å². The summed E-state index contributed by atoms with van der Waals surface area (Å²) in [6.07, 6.45) is -5.55. The molecular formula is C28H34BrF3N4O4. The maximum absolute atomic E-state index is 15.6. The van der Waals surface area contributed by atoms with Crippen LogP contribution >= 0.6 is 15.9 Å². The second-order valence-electron chi connectivity index (χ2n) is 10.8. The highest BCUT2D eigenvalue weighted by Crippen LogP contribution is 2.44. The summed E-state index contributed by atoms with van der Waals surface area (Å²) in [4.78, 5) is 19.4. The van der Waals surface area contributed by atoms with E-state index in [4.69, 9.17) is 4.74 Å². The standard InChI is InChI=1S/C28H34BrF3N4O4/c1-16(40-4)23-20(12-18(14-33-23)34-7-9-35(10-8-34)27(38)39)24-21(13-28(2,3)15-37)19-11-17(29)5-6-22(19)36(24)26(32)25(30)31/h5-6,11-12,14,16,25-26,37H,7-10,13,15H2,1-4H3,(H,38,39). The number of alkyl halides is 3. The van der Waals surface area contributed by atoms with Crippen LogP contribution in [0.4, 0.5) is 23.7 Å². The van der Waals surface area contributed by atoms with E-state index in [2.05, 4.69) is 20.9 Å². The fourth-order valence-electron chi connectivity index (χ4n) is 5.15. The molecule has 1 fully saturated rings. The van der Waals surface area contributed by atoms with Crippen molar-refractivity contribution in [2.45, 2.75) is 46.0 Å². The molecule has 12 heteroatoms. The summed E-state index contributed by atoms with van der Waals surface area (Å²) in [5.74, 6) is 0. The molecule has 218 valence electrons. The summed E-state index contributed by atoms with van der Waals surface area (Å²) in [6.45, 7) is 6.73. The van der Waals surface area contributed by atoms with Gasteiger partial charge in [0.1, 0.15) is 0 Å². The fraction of sp³-hybridized carbons (Fsp3) is 0.500. The van der Waals surface area contributed by atoms with Crippen LogP contribution in [-0.4, -0.2) is 77.1 Å². The predicted octanol–water partition coefficient (Wildman–Crippen LogP) is 6.27. The predicted molar refractivity (Wildman–Crippen MR) is 151 cm³/mol. The van der Waals surface area contributed by atoms with Gasteiger partial charge in [-0.3, -0.25) is 4.98 Å². The highest BCUT2D eigenvalue weighted by molar-refractivity contribution is 9.10. The van der Waals surface area contributed by atoms with E-state index in [1.165, 1.54) is 12.0 Å². The maximum atomic E-state index is 15.6. The Bertz CT molecular complexity index is 1380. The summed E-state index contributed by atoms with van der Waals surface area (Å²) in [7, 11) is 1.51. The van der Waals surface area contributed by atoms with E-state index >= 15 is 4.39 Å². The van der Waals surface area contributed by atoms with Gasteiger partial charge in [-0.15, -0.1) is 0 Å². The molecule has 0 radical (unpaired) electrons. The number of nitrogens with zero attached hydrogens (tertiary/aromatic N) is 4. The van der Waals surface area contributed by atoms with Crippen LogP contribution < -0.4 is 4.90 Å². The minimum atomic E-state index is -3.29. The number of anilines is 1. The van der Waals surface area contributed by atoms with Crippen molar-refractivity contribution in [3.8, 4) is 11.3 Å². The molecule has 4 rings (SSSR count). The minimum Gasteiger partial charge on any atom is -0.465 e. The number of benzene rings is 1. The third-order valence-electron chi connectivity index (χ3n) is 7.42. The Morgan fingerprint density at radius 1 is 1.18 bits per heavy atom. The topological polar surface area (TPSA) is 91.1 Å². The van der Waals surface area contributed by atoms with Crippen molar-refractivity contribution in [3.05, 3.63) is 46.2 Å². The second kappa shape index (κ2) is 12.0. The van der Waals surface area contributed by atoms with Crippen LogP contribution in [0.2, 0.25) is 0 Å². The van der Waals surface area contributed by atoms with Gasteiger partial charge in [0.05, 0.1) is 34.9 Å². The van der Waals surface area contributed by atoms with Crippen LogP contribution in [0.5, 0.6) is 0 Å². The first kappa shape index (κ1) is 30.1. The molecule has 2 unspecified atom stereocenters. The quantitative estimate of drug-likeness (QED) is 0.291. The highest BCUT2D eigenvalue weighted by atomic mass is 79.9. The molecule has 2 N–H and O–H groups in total. The van der Waals surface area contributed by atoms with Crippen LogP contribution in [0.25, 0.3) is 22.2 Å². The maximum Gasteiger partial charge on any atom is 0.407 e. The van der Waals surface area contributed by atoms with Gasteiger partial charge in [0, 0.05) is 55.3 Å². The van der Waals surface area contributed by atoms with E-state index in [0.29, 0.717) is 64.1 Å². The van der Waals surface area contributed by atoms with Crippen molar-refractivity contribution in [1.82, 2.24) is 14.5 Å². The number of aliphatic hydroxyl groups excluding tert-OH is 1. The molecule has 0 spiro atoms. The van der Waals surface area contributed by atoms with Gasteiger partial charge in [0.25, 0.3) is 6.43 Å². The lowest BCUT2D eigenvalue weighted by Gasteiger charge is -2.35. The van der Waals surface area contributed by atoms with Gasteiger partial charge in [-0.25, -0.2) is 18.0 Å². The van der Waals surface area contributed by atoms with Crippen molar-refractivity contribution >= 4 is 38.6 Å². The summed E-state index contributed by atoms with van der Waals surface area (Å²) in [6, 6.07) is 6.85. The first-order valence-corrected chi connectivity index (χ1v) is 13.8. The van der Waals surface area contributed by atoms with E-state index in [1.54, 1.807) is 37.4 Å². The Balaban J connectivity index is 2.02. The van der Waals surface area contributed by atoms with Gasteiger partial charge in [-0.05, 0) is 48.6 Å². The molecule has 1 aromatic carbocycles. The number of carbonyl (C=O) groups is 1. The first-order chi connectivity index (χ1) is 18.9. The third kappa shape index (κ3) is 5.94. The molecule has 1 aliphatic rings. The molecule has 2 atom stereocenters. The number of carboxylic acid groups (broad SMARTS) is 1. The number of ether oxygens (including phenoxy) is 1. The van der Waals surface area contributed by atoms with E-state index in [9.17, 15) is 23.8 Å². The van der Waals surface area contributed by atoms with Gasteiger partial charge < -0.3 is 29.3 Å². The van der Waals surface area contributed by atoms with Crippen LogP contribution in [0.1, 0.15) is 44.4 Å². The van der Waals surface area contributed by atoms with E-state index in [0.717, 1.165) is 4.57 Å². The number of rotatable bonds is 9. The number of halogens is 4. The molecule has 0 aliphatic carbocycles. The van der Waals surface area contributed by atoms with E-state index < -0.39 is 30.3 Å². The van der Waals surface area contributed by atoms with Crippen LogP contribution in [0.15, 0.2) is 34.9 Å². The average Bonchev–Trinajstić information content (AvgIpc) is 3.23. The summed E-state index contributed by atoms with van der Waals surface area (Å²) < 4.78 is 51.1. The molecular weight excluding hydrogens is 593 g/mol. The molecule has 40 heavy (non-hydrogen) atoms. The largest absolute Gasteiger partial charge is 0.465 e. The molecule has 0 bridgehead atoms. The molecule has 3 aromatic rings. The molecule has 1 saturated heterocycles. The van der Waals surface area contributed by atoms with Gasteiger partial charge in [0.2, 0.25) is 6.30 Å². The summed E-state index contributed by atoms with van der Waals surface area (Å²) in [5, 5.41) is 20.0. The fourth-order valence-corrected chi connectivity index (χ4v) is 5.51. The zero-order valence-corrected chi connectivity index (χ0v) is 24.5. The molecule has 8 nitrogen and oxygen atoms in total. The number of hydrogen-bond donors (Lipinski definition) is 2. The minimum absolute atomic E-state index is 0.172. The lowest BCUT2D eigenvalue weighted by molar-refractivity contribution is 0.0114. The number of piperazine rings is 1. The monoisotopic (exact) mass is 626 g/mol. The Morgan fingerprint density at radius 3 is 2.42 bits per heavy atom. The van der Waals surface area contributed by atoms with Gasteiger partial charge >= 0.3 is 6.09 Å². The van der Waals surface area contributed by atoms with Crippen LogP contribution in [0, 0.1) is 5.41 Å². The van der Waals surface area contributed by atoms with Crippen molar-refractivity contribution in [1.29, 1.82) is 0 Å². The number of aromatic nitrogens is 2. The smallest absolute Gasteiger partial charge is 0.407 e. The highest BCUT2D eigenvalue weighted by Gasteiger charge is 2.34. The first-order valence-electron chi connectivity index (χ1n) is 13.0. The Hall–Kier alpha value is -2.83. The van der Waals surface area contributed by atoms with Crippen molar-refractivity contribution < 1.29 is 32.9 Å². The normalized spacial score (nSPS) is 16.1. The zero-order valence-electron chi connectivity index (χ0n) is 22.9. The van der Waals surface area contributed by atoms with Crippen molar-refractivity contribution in [2.24, 2.45) is 5.41 Å². The Morgan fingerprint density at radius 2 is 1.85 bits per heavy atom. The van der Waals surface area contributed by atoms with E-state index in [-0.39, 0.29) is 18.7 Å². The Labute approximate surface area is 239 Å². The number of amides is 1. The van der Waals surface area contributed by atoms with Crippen LogP contribution in [0.3, 0.4) is 0 Å². The average molecular weight is 628 g/mol. The number of fused-ring (bicyclic) bond motifs is 1. The number of hydrogen-bond acceptors (Lipinski definition) is 5. The van der Waals surface area contributed by atoms with Crippen LogP contribution in [-0.2, 0) is 11.2 Å². The van der Waals surface area contributed by atoms with E-state index in [1.807, 2.05) is 18.7 Å². The summed E-state index contributed by atoms with van der Waals surface area (Å²) in [5.41, 5.74) is 2.06.